The van der Waals surface area contributed by atoms with E-state index in [-0.39, 0.29) is 16.9 Å². The molecule has 0 saturated heterocycles. The quantitative estimate of drug-likeness (QED) is 0.165. The molecule has 9 aromatic carbocycles. The van der Waals surface area contributed by atoms with Crippen LogP contribution in [0.5, 0.6) is 0 Å². The summed E-state index contributed by atoms with van der Waals surface area (Å²) in [7, 11) is 0. The van der Waals surface area contributed by atoms with Gasteiger partial charge in [-0.3, -0.25) is 0 Å². The topological polar surface area (TPSA) is 50.2 Å². The minimum absolute atomic E-state index is 0.0533. The van der Waals surface area contributed by atoms with Crippen LogP contribution in [0.2, 0.25) is 0 Å². The fourth-order valence-corrected chi connectivity index (χ4v) is 11.5. The highest BCUT2D eigenvalue weighted by atomic mass is 15.0. The van der Waals surface area contributed by atoms with E-state index in [1.807, 2.05) is 0 Å². The maximum absolute atomic E-state index is 5.42. The van der Waals surface area contributed by atoms with Crippen molar-refractivity contribution in [3.8, 4) is 78.4 Å². The number of aromatic nitrogens is 2. The van der Waals surface area contributed by atoms with Gasteiger partial charge in [-0.15, -0.1) is 0 Å². The molecule has 3 aliphatic rings. The number of nitrogens with one attached hydrogen (secondary N) is 1. The summed E-state index contributed by atoms with van der Waals surface area (Å²) in [6.07, 6.45) is 2.25. The maximum Gasteiger partial charge on any atom is 0.160 e. The summed E-state index contributed by atoms with van der Waals surface area (Å²) < 4.78 is 0. The summed E-state index contributed by atoms with van der Waals surface area (Å²) in [4.78, 5) is 16.1. The predicted molar refractivity (Wildman–Crippen MR) is 298 cm³/mol. The van der Waals surface area contributed by atoms with Crippen LogP contribution in [-0.4, -0.2) is 15.8 Å². The lowest BCUT2D eigenvalue weighted by Gasteiger charge is -2.27. The second-order valence-corrected chi connectivity index (χ2v) is 20.4. The molecule has 10 aromatic rings. The van der Waals surface area contributed by atoms with Crippen LogP contribution in [0.3, 0.4) is 0 Å². The van der Waals surface area contributed by atoms with E-state index in [2.05, 4.69) is 264 Å². The lowest BCUT2D eigenvalue weighted by atomic mass is 9.79. The molecule has 0 fully saturated rings. The molecule has 344 valence electrons. The Labute approximate surface area is 422 Å². The minimum Gasteiger partial charge on any atom is -0.359 e. The van der Waals surface area contributed by atoms with Crippen molar-refractivity contribution >= 4 is 11.5 Å². The van der Waals surface area contributed by atoms with E-state index in [4.69, 9.17) is 15.0 Å². The molecule has 4 nitrogen and oxygen atoms in total. The first-order valence-electron chi connectivity index (χ1n) is 25.0. The molecule has 0 spiro atoms. The number of fused-ring (bicyclic) bond motifs is 6. The van der Waals surface area contributed by atoms with Crippen LogP contribution < -0.4 is 5.32 Å². The van der Waals surface area contributed by atoms with Crippen LogP contribution in [0, 0.1) is 0 Å². The van der Waals surface area contributed by atoms with E-state index in [1.54, 1.807) is 0 Å². The third-order valence-electron chi connectivity index (χ3n) is 15.3. The molecule has 0 bridgehead atoms. The van der Waals surface area contributed by atoms with E-state index in [9.17, 15) is 0 Å². The third kappa shape index (κ3) is 7.24. The van der Waals surface area contributed by atoms with Crippen molar-refractivity contribution in [2.45, 2.75) is 44.6 Å². The van der Waals surface area contributed by atoms with Crippen molar-refractivity contribution in [1.82, 2.24) is 15.3 Å². The molecule has 2 heterocycles. The Bertz CT molecular complexity index is 3730. The molecule has 72 heavy (non-hydrogen) atoms. The van der Waals surface area contributed by atoms with Crippen LogP contribution >= 0.6 is 0 Å². The summed E-state index contributed by atoms with van der Waals surface area (Å²) in [6.45, 7) is 9.61. The van der Waals surface area contributed by atoms with E-state index in [1.165, 1.54) is 72.3 Å². The molecular weight excluding hydrogens is 873 g/mol. The Balaban J connectivity index is 0.996. The molecule has 1 atom stereocenters. The Morgan fingerprint density at radius 1 is 0.361 bits per heavy atom. The van der Waals surface area contributed by atoms with Crippen molar-refractivity contribution in [2.75, 3.05) is 0 Å². The second kappa shape index (κ2) is 17.0. The van der Waals surface area contributed by atoms with Crippen molar-refractivity contribution in [1.29, 1.82) is 0 Å². The summed E-state index contributed by atoms with van der Waals surface area (Å²) in [5.41, 5.74) is 23.6. The van der Waals surface area contributed by atoms with Crippen molar-refractivity contribution in [2.24, 2.45) is 4.99 Å². The van der Waals surface area contributed by atoms with E-state index >= 15 is 0 Å². The molecule has 0 saturated carbocycles. The number of rotatable bonds is 8. The Morgan fingerprint density at radius 2 is 0.764 bits per heavy atom. The summed E-state index contributed by atoms with van der Waals surface area (Å²) in [5, 5.41) is 3.89. The van der Waals surface area contributed by atoms with Crippen LogP contribution in [0.25, 0.3) is 84.1 Å². The highest BCUT2D eigenvalue weighted by Crippen LogP contribution is 2.60. The number of amidine groups is 1. The van der Waals surface area contributed by atoms with E-state index < -0.39 is 0 Å². The number of nitrogens with zero attached hydrogens (tertiary/aromatic N) is 3. The summed E-state index contributed by atoms with van der Waals surface area (Å²) >= 11 is 0. The Morgan fingerprint density at radius 3 is 1.24 bits per heavy atom. The zero-order valence-corrected chi connectivity index (χ0v) is 40.9. The third-order valence-corrected chi connectivity index (χ3v) is 15.3. The maximum atomic E-state index is 5.42. The van der Waals surface area contributed by atoms with Gasteiger partial charge in [0.05, 0.1) is 23.1 Å². The zero-order chi connectivity index (χ0) is 48.6. The van der Waals surface area contributed by atoms with Crippen LogP contribution in [0.15, 0.2) is 236 Å². The summed E-state index contributed by atoms with van der Waals surface area (Å²) in [6, 6.07) is 80.6. The van der Waals surface area contributed by atoms with Gasteiger partial charge >= 0.3 is 0 Å². The average Bonchev–Trinajstić information content (AvgIpc) is 3.81. The molecule has 4 heteroatoms. The lowest BCUT2D eigenvalue weighted by molar-refractivity contribution is 0.652. The number of hydrogen-bond donors (Lipinski definition) is 1. The van der Waals surface area contributed by atoms with Gasteiger partial charge in [-0.1, -0.05) is 210 Å². The molecular formula is C68H52N4. The van der Waals surface area contributed by atoms with Crippen LogP contribution in [-0.2, 0) is 10.8 Å². The zero-order valence-electron chi connectivity index (χ0n) is 40.9. The molecule has 1 aliphatic heterocycles. The fourth-order valence-electron chi connectivity index (χ4n) is 11.5. The first kappa shape index (κ1) is 43.3. The molecule has 1 aromatic heterocycles. The number of benzene rings is 9. The molecule has 1 unspecified atom stereocenters. The second-order valence-electron chi connectivity index (χ2n) is 20.4. The highest BCUT2D eigenvalue weighted by Gasteiger charge is 2.44. The van der Waals surface area contributed by atoms with Gasteiger partial charge in [0, 0.05) is 33.1 Å². The molecule has 0 amide bonds. The normalized spacial score (nSPS) is 15.6. The first-order chi connectivity index (χ1) is 35.2. The average molecular weight is 925 g/mol. The molecule has 0 radical (unpaired) electrons. The fraction of sp³-hybridized carbons (Fsp3) is 0.103. The molecule has 1 N–H and O–H groups in total. The van der Waals surface area contributed by atoms with Gasteiger partial charge in [0.15, 0.2) is 5.82 Å². The van der Waals surface area contributed by atoms with Crippen LogP contribution in [0.4, 0.5) is 0 Å². The van der Waals surface area contributed by atoms with Gasteiger partial charge in [0.25, 0.3) is 0 Å². The van der Waals surface area contributed by atoms with E-state index in [0.717, 1.165) is 50.7 Å². The minimum atomic E-state index is -0.355. The van der Waals surface area contributed by atoms with Gasteiger partial charge in [0.1, 0.15) is 5.84 Å². The summed E-state index contributed by atoms with van der Waals surface area (Å²) in [5.74, 6) is 1.58. The van der Waals surface area contributed by atoms with Gasteiger partial charge in [-0.05, 0) is 126 Å². The molecule has 2 aliphatic carbocycles. The van der Waals surface area contributed by atoms with Gasteiger partial charge in [-0.25, -0.2) is 15.0 Å². The van der Waals surface area contributed by atoms with Crippen molar-refractivity contribution in [3.63, 3.8) is 0 Å². The number of aliphatic imine (C=N–C) groups is 1. The van der Waals surface area contributed by atoms with Gasteiger partial charge < -0.3 is 5.32 Å². The monoisotopic (exact) mass is 924 g/mol. The SMILES string of the molecule is CC1(C)c2cc3c(cc2-c2c(-c4ccccc4)cc(C4=NC(c5ccccc5)=CC(c5ccccc5)N4)cc21)C(C)(C)c1cc(-c2nc(-c4ccccc4)cc(-c4ccccc4)n2)cc(-c2ccccc2)c1-3. The largest absolute Gasteiger partial charge is 0.359 e. The van der Waals surface area contributed by atoms with Gasteiger partial charge in [0.2, 0.25) is 0 Å². The smallest absolute Gasteiger partial charge is 0.160 e. The molecule has 13 rings (SSSR count). The Kier molecular flexibility index (Phi) is 10.2. The number of hydrogen-bond acceptors (Lipinski definition) is 4. The van der Waals surface area contributed by atoms with Crippen LogP contribution in [0.1, 0.15) is 72.7 Å². The lowest BCUT2D eigenvalue weighted by Crippen LogP contribution is -2.31. The predicted octanol–water partition coefficient (Wildman–Crippen LogP) is 16.6. The standard InChI is InChI=1S/C68H52N4/c1-67(2)55-39-54-56(40-53(55)63-51(43-23-11-5-12-24-43)35-49(37-57(63)67)65-69-59(45-27-15-7-16-28-45)41-60(70-65)46-29-17-8-18-30-46)68(3,4)58-38-50(36-52(64(54)58)44-25-13-6-14-26-44)66-71-61(47-31-19-9-20-32-47)42-62(72-66)48-33-21-10-22-34-48/h5-42,59H,1-4H3,(H,69,70). The van der Waals surface area contributed by atoms with Gasteiger partial charge in [-0.2, -0.15) is 0 Å². The Hall–Kier alpha value is -8.73. The van der Waals surface area contributed by atoms with Crippen molar-refractivity contribution < 1.29 is 0 Å². The highest BCUT2D eigenvalue weighted by molar-refractivity contribution is 6.07. The first-order valence-corrected chi connectivity index (χ1v) is 25.0. The van der Waals surface area contributed by atoms with E-state index in [0.29, 0.717) is 5.82 Å². The van der Waals surface area contributed by atoms with Crippen molar-refractivity contribution in [3.05, 3.63) is 269 Å².